The van der Waals surface area contributed by atoms with Crippen LogP contribution in [0.2, 0.25) is 0 Å². The highest BCUT2D eigenvalue weighted by atomic mass is 14.9. The smallest absolute Gasteiger partial charge is 0.0772 e. The van der Waals surface area contributed by atoms with Crippen LogP contribution in [0, 0.1) is 0 Å². The lowest BCUT2D eigenvalue weighted by atomic mass is 9.81. The first-order valence-corrected chi connectivity index (χ1v) is 42.3. The van der Waals surface area contributed by atoms with Crippen molar-refractivity contribution in [3.63, 3.8) is 0 Å². The molecule has 4 heteroatoms. The van der Waals surface area contributed by atoms with Crippen LogP contribution in [0.5, 0.6) is 0 Å². The molecule has 0 unspecified atom stereocenters. The second-order valence-electron chi connectivity index (χ2n) is 31.8. The lowest BCUT2D eigenvalue weighted by Crippen LogP contribution is -2.25. The van der Waals surface area contributed by atoms with E-state index in [0.717, 1.165) is 77.0 Å². The van der Waals surface area contributed by atoms with Crippen molar-refractivity contribution in [3.8, 4) is 0 Å². The van der Waals surface area contributed by atoms with Crippen molar-refractivity contribution in [1.29, 1.82) is 0 Å². The number of H-pyrrole nitrogens is 2. The first kappa shape index (κ1) is 71.9. The Morgan fingerprint density at radius 1 is 0.250 bits per heavy atom. The van der Waals surface area contributed by atoms with Gasteiger partial charge in [0.25, 0.3) is 0 Å². The molecule has 4 heterocycles. The Morgan fingerprint density at radius 2 is 0.500 bits per heavy atom. The molecule has 530 valence electrons. The zero-order chi connectivity index (χ0) is 68.2. The molecule has 0 atom stereocenters. The van der Waals surface area contributed by atoms with Crippen molar-refractivity contribution < 1.29 is 0 Å². The van der Waals surface area contributed by atoms with E-state index in [2.05, 4.69) is 135 Å². The Kier molecular flexibility index (Phi) is 26.3. The number of aliphatic imine (C=N–C) groups is 2. The quantitative estimate of drug-likeness (QED) is 0.0369. The van der Waals surface area contributed by atoms with Crippen molar-refractivity contribution in [2.24, 2.45) is 9.98 Å². The number of hydrogen-bond donors (Lipinski definition) is 2. The third kappa shape index (κ3) is 17.1. The fourth-order valence-electron chi connectivity index (χ4n) is 18.6. The van der Waals surface area contributed by atoms with E-state index >= 15 is 0 Å². The number of aromatic nitrogens is 2. The number of nitrogens with one attached hydrogen (secondary N) is 2. The van der Waals surface area contributed by atoms with Gasteiger partial charge in [-0.25, -0.2) is 9.98 Å². The minimum atomic E-state index is 1.05. The lowest BCUT2D eigenvalue weighted by Gasteiger charge is -2.20. The number of aryl methyl sites for hydroxylation is 4. The van der Waals surface area contributed by atoms with Crippen LogP contribution in [0.3, 0.4) is 0 Å². The van der Waals surface area contributed by atoms with Gasteiger partial charge in [0, 0.05) is 22.3 Å². The normalized spacial score (nSPS) is 16.8. The summed E-state index contributed by atoms with van der Waals surface area (Å²) in [6.07, 6.45) is 59.8. The van der Waals surface area contributed by atoms with Gasteiger partial charge in [0.05, 0.1) is 44.9 Å². The number of aromatic amines is 2. The fourth-order valence-corrected chi connectivity index (χ4v) is 18.6. The van der Waals surface area contributed by atoms with E-state index in [1.165, 1.54) is 387 Å². The summed E-state index contributed by atoms with van der Waals surface area (Å²) in [5.74, 6) is 0. The molecule has 5 aliphatic carbocycles. The van der Waals surface area contributed by atoms with Crippen molar-refractivity contribution in [2.75, 3.05) is 0 Å². The van der Waals surface area contributed by atoms with Gasteiger partial charge in [-0.15, -0.1) is 0 Å². The lowest BCUT2D eigenvalue weighted by molar-refractivity contribution is 0.589. The summed E-state index contributed by atoms with van der Waals surface area (Å²) >= 11 is 0. The number of unbranched alkanes of at least 4 members (excludes halogenated alkanes) is 24. The molecule has 2 aromatic heterocycles. The molecule has 4 nitrogen and oxygen atoms in total. The first-order chi connectivity index (χ1) is 49.5. The molecular formula is C96H126N4. The van der Waals surface area contributed by atoms with Crippen molar-refractivity contribution in [2.45, 2.75) is 336 Å². The van der Waals surface area contributed by atoms with Crippen LogP contribution in [0.4, 0.5) is 0 Å². The highest BCUT2D eigenvalue weighted by Crippen LogP contribution is 2.50. The third-order valence-electron chi connectivity index (χ3n) is 24.4. The van der Waals surface area contributed by atoms with E-state index < -0.39 is 0 Å². The Labute approximate surface area is 605 Å². The highest BCUT2D eigenvalue weighted by molar-refractivity contribution is 6.35. The van der Waals surface area contributed by atoms with E-state index in [1.54, 1.807) is 0 Å². The van der Waals surface area contributed by atoms with E-state index in [4.69, 9.17) is 9.98 Å². The predicted octanol–water partition coefficient (Wildman–Crippen LogP) is 25.6. The van der Waals surface area contributed by atoms with Crippen LogP contribution < -0.4 is 10.7 Å². The molecule has 0 radical (unpaired) electrons. The zero-order valence-electron chi connectivity index (χ0n) is 63.1. The third-order valence-corrected chi connectivity index (χ3v) is 24.4. The van der Waals surface area contributed by atoms with Gasteiger partial charge < -0.3 is 9.97 Å². The summed E-state index contributed by atoms with van der Waals surface area (Å²) in [6.45, 7) is 9.31. The molecular weight excluding hydrogens is 1210 g/mol. The van der Waals surface area contributed by atoms with E-state index in [-0.39, 0.29) is 0 Å². The molecule has 8 bridgehead atoms. The highest BCUT2D eigenvalue weighted by Gasteiger charge is 2.38. The summed E-state index contributed by atoms with van der Waals surface area (Å²) in [5.41, 5.74) is 35.8. The van der Waals surface area contributed by atoms with E-state index in [9.17, 15) is 0 Å². The Hall–Kier alpha value is -6.52. The number of allylic oxidation sites excluding steroid dienone is 4. The summed E-state index contributed by atoms with van der Waals surface area (Å²) in [5, 5.41) is 2.62. The molecule has 100 heavy (non-hydrogen) atoms. The standard InChI is InChI=1S/C96H126N4/c1-5-9-13-17-21-25-29-41-69-53-61-73(62-54-69)85-89-77-45-33-35-47-79(77)91(97-89)86(74-63-55-70(56-64-74)42-30-26-22-18-14-10-6-2)93-81-49-37-39-51-83(81)95(99-93)88(76-67-59-72(60-68-76)44-32-28-24-20-16-12-8-4)96-84-52-40-38-50-82(84)94(100-96)87(92-80-48-36-34-46-78(80)90(85)98-92)75-65-57-71(58-66-75)43-31-27-23-19-15-11-7-3/h53-68,97,100H,5-52H2,1-4H3. The van der Waals surface area contributed by atoms with Crippen LogP contribution in [0.25, 0.3) is 22.3 Å². The molecule has 0 spiro atoms. The Morgan fingerprint density at radius 3 is 0.800 bits per heavy atom. The van der Waals surface area contributed by atoms with Gasteiger partial charge in [-0.1, -0.05) is 279 Å². The minimum Gasteiger partial charge on any atom is -0.354 e. The van der Waals surface area contributed by atoms with E-state index in [0.29, 0.717) is 0 Å². The number of rotatable bonds is 36. The molecule has 7 aliphatic rings. The Balaban J connectivity index is 1.05. The summed E-state index contributed by atoms with van der Waals surface area (Å²) in [7, 11) is 0. The second kappa shape index (κ2) is 36.6. The molecule has 2 aliphatic heterocycles. The SMILES string of the molecule is CCCCCCCCCc1ccc(C2=C3N=C(C4=C3CCCC4)C(c3ccc(CCCCCCCCC)cc3)=c3[nH]c(c4c3CCCC4)=C(c3ccc(CCCCCCCCC)cc3)C3=NC(=C(c4ccc(CCCCCCCCC)cc4)c4[nH]c2c2c4CCCC2)C2=C3CCCC2)cc1. The van der Waals surface area contributed by atoms with Gasteiger partial charge in [-0.05, 0) is 243 Å². The summed E-state index contributed by atoms with van der Waals surface area (Å²) < 4.78 is 0. The molecule has 0 saturated heterocycles. The maximum absolute atomic E-state index is 6.44. The van der Waals surface area contributed by atoms with E-state index in [1.807, 2.05) is 0 Å². The monoisotopic (exact) mass is 1330 g/mol. The Bertz CT molecular complexity index is 3760. The molecule has 0 fully saturated rings. The van der Waals surface area contributed by atoms with Crippen LogP contribution in [0.15, 0.2) is 141 Å². The molecule has 13 rings (SSSR count). The first-order valence-electron chi connectivity index (χ1n) is 42.3. The second-order valence-corrected chi connectivity index (χ2v) is 31.8. The molecule has 4 aromatic carbocycles. The average molecular weight is 1340 g/mol. The van der Waals surface area contributed by atoms with Crippen molar-refractivity contribution in [3.05, 3.63) is 220 Å². The average Bonchev–Trinajstić information content (AvgIpc) is 1.56. The van der Waals surface area contributed by atoms with Crippen molar-refractivity contribution >= 4 is 33.7 Å². The van der Waals surface area contributed by atoms with Crippen LogP contribution in [-0.4, -0.2) is 21.4 Å². The topological polar surface area (TPSA) is 56.3 Å². The maximum atomic E-state index is 6.44. The number of nitrogens with zero attached hydrogens (tertiary/aromatic N) is 2. The summed E-state index contributed by atoms with van der Waals surface area (Å²) in [6, 6.07) is 40.1. The molecule has 6 aromatic rings. The van der Waals surface area contributed by atoms with Gasteiger partial charge in [-0.2, -0.15) is 0 Å². The minimum absolute atomic E-state index is 1.05. The van der Waals surface area contributed by atoms with Gasteiger partial charge in [0.15, 0.2) is 0 Å². The predicted molar refractivity (Wildman–Crippen MR) is 430 cm³/mol. The van der Waals surface area contributed by atoms with Crippen molar-refractivity contribution in [1.82, 2.24) is 9.97 Å². The van der Waals surface area contributed by atoms with Gasteiger partial charge >= 0.3 is 0 Å². The number of benzene rings is 4. The maximum Gasteiger partial charge on any atom is 0.0772 e. The van der Waals surface area contributed by atoms with Gasteiger partial charge in [0.1, 0.15) is 0 Å². The zero-order valence-corrected chi connectivity index (χ0v) is 63.1. The number of hydrogen-bond acceptors (Lipinski definition) is 2. The van der Waals surface area contributed by atoms with Crippen LogP contribution >= 0.6 is 0 Å². The fraction of sp³-hybridized carbons (Fsp3) is 0.542. The molecule has 0 amide bonds. The summed E-state index contributed by atoms with van der Waals surface area (Å²) in [4.78, 5) is 22.0. The van der Waals surface area contributed by atoms with Gasteiger partial charge in [-0.3, -0.25) is 0 Å². The molecule has 0 saturated carbocycles. The van der Waals surface area contributed by atoms with Crippen LogP contribution in [-0.2, 0) is 51.4 Å². The molecule has 2 N–H and O–H groups in total. The van der Waals surface area contributed by atoms with Gasteiger partial charge in [0.2, 0.25) is 0 Å². The van der Waals surface area contributed by atoms with Crippen LogP contribution in [0.1, 0.15) is 363 Å². The largest absolute Gasteiger partial charge is 0.354 e.